The van der Waals surface area contributed by atoms with E-state index in [1.807, 2.05) is 42.5 Å². The molecule has 0 spiro atoms. The van der Waals surface area contributed by atoms with Crippen molar-refractivity contribution < 1.29 is 19.2 Å². The Hall–Kier alpha value is -2.77. The summed E-state index contributed by atoms with van der Waals surface area (Å²) in [6.07, 6.45) is 0.641. The van der Waals surface area contributed by atoms with Gasteiger partial charge in [-0.2, -0.15) is 0 Å². The number of hydrogen-bond acceptors (Lipinski definition) is 5. The van der Waals surface area contributed by atoms with E-state index in [4.69, 9.17) is 10.6 Å². The quantitative estimate of drug-likeness (QED) is 0.547. The van der Waals surface area contributed by atoms with Gasteiger partial charge in [-0.15, -0.1) is 0 Å². The molecular formula is C23H31N3O4. The van der Waals surface area contributed by atoms with Gasteiger partial charge in [0, 0.05) is 6.42 Å². The van der Waals surface area contributed by atoms with Gasteiger partial charge in [-0.1, -0.05) is 42.5 Å². The second-order valence-corrected chi connectivity index (χ2v) is 8.39. The number of hydroxylamine groups is 1. The normalized spacial score (nSPS) is 13.5. The lowest BCUT2D eigenvalue weighted by Crippen LogP contribution is -2.49. The van der Waals surface area contributed by atoms with Gasteiger partial charge in [-0.25, -0.2) is 5.48 Å². The maximum absolute atomic E-state index is 12.5. The van der Waals surface area contributed by atoms with E-state index in [1.54, 1.807) is 27.7 Å². The number of nitrogens with two attached hydrogens (primary N) is 1. The minimum Gasteiger partial charge on any atom is -0.345 e. The number of nitrogens with one attached hydrogen (secondary N) is 2. The zero-order chi connectivity index (χ0) is 22.3. The third-order valence-electron chi connectivity index (χ3n) is 4.58. The maximum Gasteiger partial charge on any atom is 0.245 e. The summed E-state index contributed by atoms with van der Waals surface area (Å²) in [5.74, 6) is -1.14. The lowest BCUT2D eigenvalue weighted by atomic mass is 9.98. The fourth-order valence-corrected chi connectivity index (χ4v) is 2.93. The standard InChI is InChI=1S/C23H31N3O4/c1-15(25-22(29)19(24)14-21(28)26-30-23(2,3)4)20(27)13-12-17-10-7-9-16-8-5-6-11-18(16)17/h5-11,15,19H,12-14,24H2,1-4H3,(H,25,29)(H,26,28)/t15-,19-/m0/s1. The van der Waals surface area contributed by atoms with Crippen LogP contribution in [-0.2, 0) is 25.6 Å². The van der Waals surface area contributed by atoms with E-state index in [0.29, 0.717) is 12.8 Å². The minimum atomic E-state index is -1.07. The third kappa shape index (κ3) is 7.24. The molecule has 0 heterocycles. The van der Waals surface area contributed by atoms with Crippen molar-refractivity contribution in [3.63, 3.8) is 0 Å². The first-order valence-corrected chi connectivity index (χ1v) is 10.1. The minimum absolute atomic E-state index is 0.0935. The molecule has 2 aromatic carbocycles. The first-order chi connectivity index (χ1) is 14.1. The molecule has 7 heteroatoms. The van der Waals surface area contributed by atoms with Crippen LogP contribution in [0.15, 0.2) is 42.5 Å². The van der Waals surface area contributed by atoms with Crippen LogP contribution in [0.3, 0.4) is 0 Å². The van der Waals surface area contributed by atoms with Crippen LogP contribution >= 0.6 is 0 Å². The number of carbonyl (C=O) groups is 3. The fourth-order valence-electron chi connectivity index (χ4n) is 2.93. The van der Waals surface area contributed by atoms with Crippen LogP contribution in [0, 0.1) is 0 Å². The first kappa shape index (κ1) is 23.5. The zero-order valence-electron chi connectivity index (χ0n) is 18.0. The smallest absolute Gasteiger partial charge is 0.245 e. The van der Waals surface area contributed by atoms with E-state index < -0.39 is 29.5 Å². The number of aryl methyl sites for hydroxylation is 1. The predicted octanol–water partition coefficient (Wildman–Crippen LogP) is 2.41. The molecule has 162 valence electrons. The van der Waals surface area contributed by atoms with E-state index in [9.17, 15) is 14.4 Å². The largest absolute Gasteiger partial charge is 0.345 e. The van der Waals surface area contributed by atoms with Crippen LogP contribution in [0.2, 0.25) is 0 Å². The number of Topliss-reactive ketones (excluding diaryl/α,β-unsaturated/α-hetero) is 1. The molecule has 0 fully saturated rings. The van der Waals surface area contributed by atoms with Gasteiger partial charge in [0.1, 0.15) is 0 Å². The molecule has 0 aliphatic rings. The van der Waals surface area contributed by atoms with Crippen molar-refractivity contribution in [2.24, 2.45) is 5.73 Å². The second-order valence-electron chi connectivity index (χ2n) is 8.39. The third-order valence-corrected chi connectivity index (χ3v) is 4.58. The molecule has 7 nitrogen and oxygen atoms in total. The second kappa shape index (κ2) is 10.3. The van der Waals surface area contributed by atoms with Crippen LogP contribution in [0.4, 0.5) is 0 Å². The van der Waals surface area contributed by atoms with Gasteiger partial charge in [0.05, 0.1) is 24.1 Å². The van der Waals surface area contributed by atoms with Gasteiger partial charge in [0.2, 0.25) is 11.8 Å². The lowest BCUT2D eigenvalue weighted by molar-refractivity contribution is -0.147. The molecule has 0 aromatic heterocycles. The van der Waals surface area contributed by atoms with Crippen molar-refractivity contribution in [3.05, 3.63) is 48.0 Å². The van der Waals surface area contributed by atoms with E-state index in [2.05, 4.69) is 10.8 Å². The first-order valence-electron chi connectivity index (χ1n) is 10.1. The highest BCUT2D eigenvalue weighted by atomic mass is 16.7. The Morgan fingerprint density at radius 1 is 1.07 bits per heavy atom. The van der Waals surface area contributed by atoms with E-state index in [0.717, 1.165) is 16.3 Å². The highest BCUT2D eigenvalue weighted by Gasteiger charge is 2.23. The van der Waals surface area contributed by atoms with Gasteiger partial charge in [0.25, 0.3) is 0 Å². The van der Waals surface area contributed by atoms with E-state index in [-0.39, 0.29) is 12.2 Å². The summed E-state index contributed by atoms with van der Waals surface area (Å²) < 4.78 is 0. The van der Waals surface area contributed by atoms with Crippen LogP contribution in [-0.4, -0.2) is 35.3 Å². The molecule has 0 saturated heterocycles. The summed E-state index contributed by atoms with van der Waals surface area (Å²) in [5, 5.41) is 4.84. The zero-order valence-corrected chi connectivity index (χ0v) is 18.0. The molecule has 0 unspecified atom stereocenters. The molecule has 2 atom stereocenters. The Balaban J connectivity index is 1.83. The average molecular weight is 414 g/mol. The number of ketones is 1. The summed E-state index contributed by atoms with van der Waals surface area (Å²) in [6.45, 7) is 6.97. The van der Waals surface area contributed by atoms with Gasteiger partial charge in [-0.05, 0) is 50.5 Å². The monoisotopic (exact) mass is 413 g/mol. The Labute approximate surface area is 177 Å². The average Bonchev–Trinajstić information content (AvgIpc) is 2.69. The van der Waals surface area contributed by atoms with Gasteiger partial charge < -0.3 is 11.1 Å². The van der Waals surface area contributed by atoms with Crippen LogP contribution in [0.25, 0.3) is 10.8 Å². The lowest BCUT2D eigenvalue weighted by Gasteiger charge is -2.20. The van der Waals surface area contributed by atoms with Crippen LogP contribution in [0.5, 0.6) is 0 Å². The molecule has 2 amide bonds. The number of benzene rings is 2. The molecule has 30 heavy (non-hydrogen) atoms. The number of carbonyl (C=O) groups excluding carboxylic acids is 3. The van der Waals surface area contributed by atoms with Crippen molar-refractivity contribution in [2.75, 3.05) is 0 Å². The predicted molar refractivity (Wildman–Crippen MR) is 116 cm³/mol. The van der Waals surface area contributed by atoms with Crippen molar-refractivity contribution in [3.8, 4) is 0 Å². The highest BCUT2D eigenvalue weighted by molar-refractivity contribution is 5.93. The molecule has 4 N–H and O–H groups in total. The van der Waals surface area contributed by atoms with Gasteiger partial charge in [-0.3, -0.25) is 19.2 Å². The Morgan fingerprint density at radius 2 is 1.73 bits per heavy atom. The Bertz CT molecular complexity index is 899. The summed E-state index contributed by atoms with van der Waals surface area (Å²) in [4.78, 5) is 41.7. The summed E-state index contributed by atoms with van der Waals surface area (Å²) in [6, 6.07) is 12.3. The SMILES string of the molecule is C[C@H](NC(=O)[C@@H](N)CC(=O)NOC(C)(C)C)C(=O)CCc1cccc2ccccc12. The Kier molecular flexibility index (Phi) is 8.08. The van der Waals surface area contributed by atoms with Crippen molar-refractivity contribution in [2.45, 2.75) is 64.6 Å². The van der Waals surface area contributed by atoms with Crippen molar-refractivity contribution >= 4 is 28.4 Å². The molecule has 0 aliphatic heterocycles. The number of hydrogen-bond donors (Lipinski definition) is 3. The van der Waals surface area contributed by atoms with Crippen molar-refractivity contribution in [1.29, 1.82) is 0 Å². The van der Waals surface area contributed by atoms with Crippen LogP contribution in [0.1, 0.15) is 46.1 Å². The fraction of sp³-hybridized carbons (Fsp3) is 0.435. The molecule has 0 bridgehead atoms. The van der Waals surface area contributed by atoms with Crippen LogP contribution < -0.4 is 16.5 Å². The number of amides is 2. The summed E-state index contributed by atoms with van der Waals surface area (Å²) in [7, 11) is 0. The number of fused-ring (bicyclic) bond motifs is 1. The van der Waals surface area contributed by atoms with E-state index in [1.165, 1.54) is 0 Å². The molecule has 2 aromatic rings. The summed E-state index contributed by atoms with van der Waals surface area (Å²) >= 11 is 0. The molecule has 0 radical (unpaired) electrons. The molecule has 2 rings (SSSR count). The molecule has 0 saturated carbocycles. The molecular weight excluding hydrogens is 382 g/mol. The topological polar surface area (TPSA) is 111 Å². The molecule has 0 aliphatic carbocycles. The maximum atomic E-state index is 12.5. The number of rotatable bonds is 9. The summed E-state index contributed by atoms with van der Waals surface area (Å²) in [5.41, 5.74) is 8.61. The van der Waals surface area contributed by atoms with Gasteiger partial charge in [0.15, 0.2) is 5.78 Å². The Morgan fingerprint density at radius 3 is 2.43 bits per heavy atom. The van der Waals surface area contributed by atoms with Gasteiger partial charge >= 0.3 is 0 Å². The highest BCUT2D eigenvalue weighted by Crippen LogP contribution is 2.20. The van der Waals surface area contributed by atoms with Crippen molar-refractivity contribution in [1.82, 2.24) is 10.8 Å². The van der Waals surface area contributed by atoms with E-state index >= 15 is 0 Å².